The number of phenols is 1. The molecule has 1 aliphatic heterocycles. The second-order valence-electron chi connectivity index (χ2n) is 12.4. The van der Waals surface area contributed by atoms with Gasteiger partial charge in [0.25, 0.3) is 0 Å². The number of carbonyl (C=O) groups is 1. The van der Waals surface area contributed by atoms with Gasteiger partial charge in [0, 0.05) is 37.4 Å². The van der Waals surface area contributed by atoms with E-state index in [1.165, 1.54) is 42.3 Å². The topological polar surface area (TPSA) is 114 Å². The van der Waals surface area contributed by atoms with Crippen LogP contribution in [0.5, 0.6) is 5.75 Å². The number of benzene rings is 1. The molecule has 14 heteroatoms. The van der Waals surface area contributed by atoms with E-state index in [1.54, 1.807) is 38.7 Å². The van der Waals surface area contributed by atoms with Crippen LogP contribution in [0, 0.1) is 12.7 Å². The Bertz CT molecular complexity index is 1870. The molecule has 1 amide bonds. The van der Waals surface area contributed by atoms with Crippen LogP contribution in [0.15, 0.2) is 47.4 Å². The van der Waals surface area contributed by atoms with Gasteiger partial charge in [-0.2, -0.15) is 18.2 Å². The first-order valence-corrected chi connectivity index (χ1v) is 14.7. The van der Waals surface area contributed by atoms with E-state index in [1.807, 2.05) is 0 Å². The van der Waals surface area contributed by atoms with Crippen LogP contribution in [0.4, 0.5) is 28.2 Å². The number of rotatable bonds is 4. The van der Waals surface area contributed by atoms with Gasteiger partial charge in [0.2, 0.25) is 0 Å². The van der Waals surface area contributed by atoms with Gasteiger partial charge in [-0.3, -0.25) is 4.98 Å². The fourth-order valence-electron chi connectivity index (χ4n) is 5.49. The zero-order chi connectivity index (χ0) is 33.7. The molecule has 1 saturated heterocycles. The van der Waals surface area contributed by atoms with E-state index in [2.05, 4.69) is 15.0 Å². The van der Waals surface area contributed by atoms with Gasteiger partial charge < -0.3 is 19.6 Å². The first kappa shape index (κ1) is 32.6. The largest absolute Gasteiger partial charge is 0.507 e. The number of fused-ring (bicyclic) bond motifs is 1. The Balaban J connectivity index is 1.75. The van der Waals surface area contributed by atoms with Crippen molar-refractivity contribution in [3.8, 4) is 22.7 Å². The summed E-state index contributed by atoms with van der Waals surface area (Å²) in [4.78, 5) is 42.7. The summed E-state index contributed by atoms with van der Waals surface area (Å²) in [6.45, 7) is 10.1. The van der Waals surface area contributed by atoms with Crippen LogP contribution in [-0.4, -0.2) is 73.1 Å². The smallest absolute Gasteiger partial charge is 0.410 e. The van der Waals surface area contributed by atoms with E-state index in [9.17, 15) is 27.9 Å². The third-order valence-electron chi connectivity index (χ3n) is 7.79. The molecule has 1 fully saturated rings. The number of nitrogens with zero attached hydrogens (tertiary/aromatic N) is 6. The number of para-hydroxylation sites is 1. The Morgan fingerprint density at radius 2 is 1.80 bits per heavy atom. The molecule has 244 valence electrons. The fourth-order valence-corrected chi connectivity index (χ4v) is 5.49. The number of aromatic hydroxyl groups is 1. The maximum absolute atomic E-state index is 15.9. The molecule has 4 heterocycles. The molecule has 0 radical (unpaired) electrons. The van der Waals surface area contributed by atoms with Crippen LogP contribution >= 0.6 is 0 Å². The highest BCUT2D eigenvalue weighted by molar-refractivity contribution is 5.91. The predicted molar refractivity (Wildman–Crippen MR) is 164 cm³/mol. The number of hydrogen-bond donors (Lipinski definition) is 1. The SMILES string of the molecule is Cc1ccnc(C(C)C(F)(F)F)c1-n1c(=O)nc(N2CCN(C(=O)OC(C)(C)C)C[C@@H]2C)c2cc(F)c(-c3ccccc3O)nc21. The summed E-state index contributed by atoms with van der Waals surface area (Å²) in [6, 6.07) is 8.01. The van der Waals surface area contributed by atoms with Gasteiger partial charge in [-0.05, 0) is 71.4 Å². The van der Waals surface area contributed by atoms with Crippen LogP contribution in [0.3, 0.4) is 0 Å². The van der Waals surface area contributed by atoms with Gasteiger partial charge in [-0.15, -0.1) is 0 Å². The average molecular weight is 643 g/mol. The molecule has 1 aromatic carbocycles. The van der Waals surface area contributed by atoms with Crippen LogP contribution in [0.25, 0.3) is 28.0 Å². The molecule has 1 N–H and O–H groups in total. The molecule has 1 unspecified atom stereocenters. The number of alkyl halides is 3. The molecule has 10 nitrogen and oxygen atoms in total. The third kappa shape index (κ3) is 6.20. The van der Waals surface area contributed by atoms with Crippen LogP contribution in [-0.2, 0) is 4.74 Å². The lowest BCUT2D eigenvalue weighted by Gasteiger charge is -2.41. The van der Waals surface area contributed by atoms with Gasteiger partial charge in [-0.25, -0.2) is 23.5 Å². The summed E-state index contributed by atoms with van der Waals surface area (Å²) in [7, 11) is 0. The molecule has 0 spiro atoms. The normalized spacial score (nSPS) is 16.5. The quantitative estimate of drug-likeness (QED) is 0.266. The number of piperazine rings is 1. The average Bonchev–Trinajstić information content (AvgIpc) is 2.96. The maximum atomic E-state index is 15.9. The number of halogens is 4. The van der Waals surface area contributed by atoms with E-state index < -0.39 is 47.0 Å². The molecule has 1 aliphatic rings. The number of hydrogen-bond acceptors (Lipinski definition) is 8. The molecule has 2 atom stereocenters. The van der Waals surface area contributed by atoms with Crippen molar-refractivity contribution in [2.24, 2.45) is 0 Å². The molecule has 0 aliphatic carbocycles. The Kier molecular flexibility index (Phi) is 8.43. The lowest BCUT2D eigenvalue weighted by atomic mass is 10.0. The molecule has 5 rings (SSSR count). The summed E-state index contributed by atoms with van der Waals surface area (Å²) in [5, 5.41) is 10.6. The Morgan fingerprint density at radius 1 is 1.11 bits per heavy atom. The van der Waals surface area contributed by atoms with Gasteiger partial charge in [0.15, 0.2) is 11.5 Å². The molecular formula is C32H34F4N6O4. The number of ether oxygens (including phenoxy) is 1. The Morgan fingerprint density at radius 3 is 2.43 bits per heavy atom. The number of pyridine rings is 2. The summed E-state index contributed by atoms with van der Waals surface area (Å²) in [5.74, 6) is -3.15. The summed E-state index contributed by atoms with van der Waals surface area (Å²) in [5.41, 5.74) is -2.46. The highest BCUT2D eigenvalue weighted by atomic mass is 19.4. The predicted octanol–water partition coefficient (Wildman–Crippen LogP) is 6.11. The van der Waals surface area contributed by atoms with Crippen LogP contribution in [0.1, 0.15) is 51.8 Å². The van der Waals surface area contributed by atoms with Crippen molar-refractivity contribution >= 4 is 22.9 Å². The zero-order valence-electron chi connectivity index (χ0n) is 26.2. The van der Waals surface area contributed by atoms with Crippen molar-refractivity contribution in [3.63, 3.8) is 0 Å². The van der Waals surface area contributed by atoms with E-state index in [4.69, 9.17) is 4.74 Å². The summed E-state index contributed by atoms with van der Waals surface area (Å²) in [6.07, 6.45) is -3.98. The molecule has 0 saturated carbocycles. The van der Waals surface area contributed by atoms with Crippen molar-refractivity contribution in [2.45, 2.75) is 65.3 Å². The maximum Gasteiger partial charge on any atom is 0.410 e. The van der Waals surface area contributed by atoms with Crippen molar-refractivity contribution < 1.29 is 32.2 Å². The van der Waals surface area contributed by atoms with Crippen molar-refractivity contribution in [2.75, 3.05) is 24.5 Å². The molecule has 46 heavy (non-hydrogen) atoms. The number of amides is 1. The number of anilines is 1. The number of phenolic OH excluding ortho intramolecular Hbond substituents is 1. The summed E-state index contributed by atoms with van der Waals surface area (Å²) >= 11 is 0. The monoisotopic (exact) mass is 642 g/mol. The van der Waals surface area contributed by atoms with Gasteiger partial charge >= 0.3 is 18.0 Å². The van der Waals surface area contributed by atoms with Gasteiger partial charge in [-0.1, -0.05) is 12.1 Å². The van der Waals surface area contributed by atoms with E-state index in [-0.39, 0.29) is 64.7 Å². The van der Waals surface area contributed by atoms with E-state index in [0.29, 0.717) is 0 Å². The first-order chi connectivity index (χ1) is 21.5. The Labute approximate surface area is 262 Å². The highest BCUT2D eigenvalue weighted by Crippen LogP contribution is 2.39. The Hall–Kier alpha value is -4.75. The molecule has 4 aromatic rings. The van der Waals surface area contributed by atoms with Gasteiger partial charge in [0.1, 0.15) is 22.9 Å². The lowest BCUT2D eigenvalue weighted by Crippen LogP contribution is -2.55. The molecular weight excluding hydrogens is 608 g/mol. The van der Waals surface area contributed by atoms with Crippen molar-refractivity contribution in [1.29, 1.82) is 0 Å². The van der Waals surface area contributed by atoms with Crippen LogP contribution in [0.2, 0.25) is 0 Å². The summed E-state index contributed by atoms with van der Waals surface area (Å²) < 4.78 is 64.3. The highest BCUT2D eigenvalue weighted by Gasteiger charge is 2.40. The second-order valence-corrected chi connectivity index (χ2v) is 12.4. The number of carbonyl (C=O) groups excluding carboxylic acids is 1. The third-order valence-corrected chi connectivity index (χ3v) is 7.79. The van der Waals surface area contributed by atoms with Crippen LogP contribution < -0.4 is 10.6 Å². The van der Waals surface area contributed by atoms with Crippen molar-refractivity contribution in [1.82, 2.24) is 24.4 Å². The minimum Gasteiger partial charge on any atom is -0.507 e. The minimum absolute atomic E-state index is 0.0189. The van der Waals surface area contributed by atoms with Gasteiger partial charge in [0.05, 0.1) is 22.7 Å². The zero-order valence-corrected chi connectivity index (χ0v) is 26.2. The number of aromatic nitrogens is 4. The van der Waals surface area contributed by atoms with Crippen molar-refractivity contribution in [3.05, 3.63) is 70.2 Å². The molecule has 0 bridgehead atoms. The van der Waals surface area contributed by atoms with E-state index >= 15 is 4.39 Å². The minimum atomic E-state index is -4.69. The first-order valence-electron chi connectivity index (χ1n) is 14.7. The fraction of sp³-hybridized carbons (Fsp3) is 0.406. The lowest BCUT2D eigenvalue weighted by molar-refractivity contribution is -0.147. The number of aryl methyl sites for hydroxylation is 1. The standard InChI is InChI=1S/C32H34F4N6O4/c1-17-11-12-37-24(19(3)32(34,35)36)26(17)42-28-21(15-22(33)25(38-28)20-9-7-8-10-23(20)43)27(39-29(42)44)41-14-13-40(16-18(41)2)30(45)46-31(4,5)6/h7-12,15,18-19,43H,13-14,16H2,1-6H3/t18-,19?/m0/s1. The second kappa shape index (κ2) is 11.9. The molecule has 3 aromatic heterocycles. The van der Waals surface area contributed by atoms with E-state index in [0.717, 1.165) is 17.6 Å².